The standard InChI is InChI=1S/C28H12N4O4/c29-13-15-12-20-24-22(28(36)32(26(20)34)18-9-5-2-6-10-18)16(14-30)11-19-23(24)21(15)27(35)31(25(19)33)17-7-3-1-4-8-17/h1-12H. The van der Waals surface area contributed by atoms with E-state index >= 15 is 0 Å². The van der Waals surface area contributed by atoms with Crippen LogP contribution in [0, 0.1) is 22.7 Å². The lowest BCUT2D eigenvalue weighted by atomic mass is 9.81. The zero-order chi connectivity index (χ0) is 25.1. The number of nitriles is 2. The fraction of sp³-hybridized carbons (Fsp3) is 0. The van der Waals surface area contributed by atoms with E-state index in [2.05, 4.69) is 0 Å². The van der Waals surface area contributed by atoms with Crippen molar-refractivity contribution in [2.24, 2.45) is 0 Å². The molecule has 0 N–H and O–H groups in total. The molecule has 4 amide bonds. The maximum absolute atomic E-state index is 13.6. The third-order valence-corrected chi connectivity index (χ3v) is 6.38. The fourth-order valence-electron chi connectivity index (χ4n) is 4.87. The molecule has 4 aromatic carbocycles. The predicted molar refractivity (Wildman–Crippen MR) is 129 cm³/mol. The molecule has 8 nitrogen and oxygen atoms in total. The number of imide groups is 2. The number of nitrogens with zero attached hydrogens (tertiary/aromatic N) is 4. The minimum Gasteiger partial charge on any atom is -0.268 e. The van der Waals surface area contributed by atoms with Gasteiger partial charge >= 0.3 is 0 Å². The summed E-state index contributed by atoms with van der Waals surface area (Å²) in [5.74, 6) is -2.92. The van der Waals surface area contributed by atoms with Crippen LogP contribution < -0.4 is 9.80 Å². The minimum absolute atomic E-state index is 0.0316. The Morgan fingerprint density at radius 2 is 0.889 bits per heavy atom. The van der Waals surface area contributed by atoms with E-state index in [1.807, 2.05) is 12.1 Å². The number of para-hydroxylation sites is 2. The molecule has 168 valence electrons. The Bertz CT molecular complexity index is 1650. The first-order valence-corrected chi connectivity index (χ1v) is 10.8. The fourth-order valence-corrected chi connectivity index (χ4v) is 4.87. The minimum atomic E-state index is -0.747. The summed E-state index contributed by atoms with van der Waals surface area (Å²) in [4.78, 5) is 56.3. The van der Waals surface area contributed by atoms with Crippen molar-refractivity contribution in [3.05, 3.63) is 106 Å². The van der Waals surface area contributed by atoms with E-state index < -0.39 is 23.6 Å². The van der Waals surface area contributed by atoms with E-state index in [9.17, 15) is 29.7 Å². The van der Waals surface area contributed by atoms with Crippen LogP contribution in [0.25, 0.3) is 10.8 Å². The molecule has 0 radical (unpaired) electrons. The van der Waals surface area contributed by atoms with Gasteiger partial charge in [-0.05, 0) is 36.4 Å². The molecule has 0 aromatic heterocycles. The Morgan fingerprint density at radius 3 is 1.22 bits per heavy atom. The van der Waals surface area contributed by atoms with Gasteiger partial charge in [0.1, 0.15) is 12.1 Å². The second kappa shape index (κ2) is 7.45. The zero-order valence-corrected chi connectivity index (χ0v) is 18.4. The highest BCUT2D eigenvalue weighted by Gasteiger charge is 2.43. The summed E-state index contributed by atoms with van der Waals surface area (Å²) in [5, 5.41) is 20.0. The first-order chi connectivity index (χ1) is 17.5. The van der Waals surface area contributed by atoms with Crippen molar-refractivity contribution in [3.63, 3.8) is 0 Å². The van der Waals surface area contributed by atoms with Gasteiger partial charge in [0.15, 0.2) is 0 Å². The Balaban J connectivity index is 1.73. The number of hydrogen-bond donors (Lipinski definition) is 0. The summed E-state index contributed by atoms with van der Waals surface area (Å²) in [7, 11) is 0. The third-order valence-electron chi connectivity index (χ3n) is 6.38. The highest BCUT2D eigenvalue weighted by molar-refractivity contribution is 6.43. The van der Waals surface area contributed by atoms with Crippen LogP contribution in [0.1, 0.15) is 52.6 Å². The Kier molecular flexibility index (Phi) is 4.34. The molecule has 8 heteroatoms. The van der Waals surface area contributed by atoms with Gasteiger partial charge < -0.3 is 0 Å². The summed E-state index contributed by atoms with van der Waals surface area (Å²) in [6.07, 6.45) is 0. The third kappa shape index (κ3) is 2.61. The molecule has 6 rings (SSSR count). The number of anilines is 2. The van der Waals surface area contributed by atoms with E-state index in [0.29, 0.717) is 0 Å². The summed E-state index contributed by atoms with van der Waals surface area (Å²) < 4.78 is 0. The van der Waals surface area contributed by atoms with Crippen LogP contribution in [-0.2, 0) is 0 Å². The van der Waals surface area contributed by atoms with Crippen molar-refractivity contribution >= 4 is 45.8 Å². The van der Waals surface area contributed by atoms with E-state index in [4.69, 9.17) is 0 Å². The molecule has 0 spiro atoms. The Labute approximate surface area is 203 Å². The van der Waals surface area contributed by atoms with Gasteiger partial charge in [-0.2, -0.15) is 10.5 Å². The SMILES string of the molecule is N#Cc1cc2c3c(c(C#N)cc4c3c1C(=O)N(c1ccccc1)C4=O)C(=O)N(c1ccccc1)C2=O. The van der Waals surface area contributed by atoms with E-state index in [1.54, 1.807) is 60.7 Å². The zero-order valence-electron chi connectivity index (χ0n) is 18.4. The predicted octanol–water partition coefficient (Wildman–Crippen LogP) is 4.18. The topological polar surface area (TPSA) is 122 Å². The molecule has 4 aromatic rings. The van der Waals surface area contributed by atoms with E-state index in [-0.39, 0.29) is 55.5 Å². The monoisotopic (exact) mass is 468 g/mol. The number of benzene rings is 4. The average Bonchev–Trinajstić information content (AvgIpc) is 2.91. The molecule has 36 heavy (non-hydrogen) atoms. The van der Waals surface area contributed by atoms with Gasteiger partial charge in [-0.1, -0.05) is 36.4 Å². The highest BCUT2D eigenvalue weighted by atomic mass is 16.2. The summed E-state index contributed by atoms with van der Waals surface area (Å²) >= 11 is 0. The van der Waals surface area contributed by atoms with Crippen molar-refractivity contribution in [1.29, 1.82) is 10.5 Å². The normalized spacial score (nSPS) is 14.2. The molecule has 0 aliphatic carbocycles. The van der Waals surface area contributed by atoms with Gasteiger partial charge in [0.05, 0.1) is 44.8 Å². The van der Waals surface area contributed by atoms with Crippen LogP contribution in [0.15, 0.2) is 72.8 Å². The lowest BCUT2D eigenvalue weighted by Crippen LogP contribution is -2.44. The van der Waals surface area contributed by atoms with E-state index in [0.717, 1.165) is 9.80 Å². The van der Waals surface area contributed by atoms with E-state index in [1.165, 1.54) is 12.1 Å². The second-order valence-electron chi connectivity index (χ2n) is 8.23. The van der Waals surface area contributed by atoms with Crippen LogP contribution in [0.4, 0.5) is 11.4 Å². The molecule has 2 heterocycles. The molecule has 0 fully saturated rings. The summed E-state index contributed by atoms with van der Waals surface area (Å²) in [5.41, 5.74) is 0.120. The van der Waals surface area contributed by atoms with Gasteiger partial charge in [0.2, 0.25) is 0 Å². The van der Waals surface area contributed by atoms with Gasteiger partial charge in [-0.25, -0.2) is 9.80 Å². The summed E-state index contributed by atoms with van der Waals surface area (Å²) in [6, 6.07) is 22.9. The number of hydrogen-bond acceptors (Lipinski definition) is 6. The maximum Gasteiger partial charge on any atom is 0.267 e. The molecule has 0 unspecified atom stereocenters. The largest absolute Gasteiger partial charge is 0.268 e. The Hall–Kier alpha value is -5.60. The van der Waals surface area contributed by atoms with Crippen molar-refractivity contribution in [3.8, 4) is 12.1 Å². The van der Waals surface area contributed by atoms with Crippen LogP contribution >= 0.6 is 0 Å². The first-order valence-electron chi connectivity index (χ1n) is 10.8. The summed E-state index contributed by atoms with van der Waals surface area (Å²) in [6.45, 7) is 0. The average molecular weight is 468 g/mol. The second-order valence-corrected chi connectivity index (χ2v) is 8.23. The lowest BCUT2D eigenvalue weighted by molar-refractivity contribution is 0.0872. The molecule has 0 atom stereocenters. The molecular formula is C28H12N4O4. The molecule has 0 bridgehead atoms. The number of carbonyl (C=O) groups excluding carboxylic acids is 4. The molecule has 0 saturated carbocycles. The molecule has 2 aliphatic heterocycles. The number of carbonyl (C=O) groups is 4. The molecule has 0 saturated heterocycles. The van der Waals surface area contributed by atoms with Crippen molar-refractivity contribution in [2.75, 3.05) is 9.80 Å². The van der Waals surface area contributed by atoms with Crippen LogP contribution in [0.2, 0.25) is 0 Å². The maximum atomic E-state index is 13.6. The Morgan fingerprint density at radius 1 is 0.528 bits per heavy atom. The van der Waals surface area contributed by atoms with Crippen molar-refractivity contribution in [2.45, 2.75) is 0 Å². The molecule has 2 aliphatic rings. The van der Waals surface area contributed by atoms with Gasteiger partial charge in [-0.15, -0.1) is 0 Å². The van der Waals surface area contributed by atoms with Crippen LogP contribution in [0.5, 0.6) is 0 Å². The van der Waals surface area contributed by atoms with Gasteiger partial charge in [0, 0.05) is 10.8 Å². The smallest absolute Gasteiger partial charge is 0.267 e. The van der Waals surface area contributed by atoms with Crippen LogP contribution in [0.3, 0.4) is 0 Å². The molecular weight excluding hydrogens is 456 g/mol. The van der Waals surface area contributed by atoms with Gasteiger partial charge in [0.25, 0.3) is 23.6 Å². The quantitative estimate of drug-likeness (QED) is 0.407. The van der Waals surface area contributed by atoms with Crippen LogP contribution in [-0.4, -0.2) is 23.6 Å². The number of rotatable bonds is 2. The first kappa shape index (κ1) is 21.0. The highest BCUT2D eigenvalue weighted by Crippen LogP contribution is 2.42. The van der Waals surface area contributed by atoms with Crippen molar-refractivity contribution < 1.29 is 19.2 Å². The van der Waals surface area contributed by atoms with Gasteiger partial charge in [-0.3, -0.25) is 19.2 Å². The van der Waals surface area contributed by atoms with Crippen molar-refractivity contribution in [1.82, 2.24) is 0 Å². The number of amides is 4. The lowest BCUT2D eigenvalue weighted by Gasteiger charge is -2.33.